The SMILES string of the molecule is C=NCc1ccc(/C=C2\S/C(=N\c3ccccc3)N(c3ccccc3)C2=O)cn1. The first-order valence-electron chi connectivity index (χ1n) is 9.05. The summed E-state index contributed by atoms with van der Waals surface area (Å²) in [4.78, 5) is 28.3. The summed E-state index contributed by atoms with van der Waals surface area (Å²) in [5.41, 5.74) is 3.27. The molecule has 1 aliphatic heterocycles. The Hall–Kier alpha value is -3.51. The van der Waals surface area contributed by atoms with Crippen molar-refractivity contribution in [3.63, 3.8) is 0 Å². The van der Waals surface area contributed by atoms with Gasteiger partial charge in [0.1, 0.15) is 0 Å². The quantitative estimate of drug-likeness (QED) is 0.444. The van der Waals surface area contributed by atoms with Crippen molar-refractivity contribution < 1.29 is 4.79 Å². The molecule has 3 aromatic rings. The zero-order chi connectivity index (χ0) is 20.1. The monoisotopic (exact) mass is 398 g/mol. The van der Waals surface area contributed by atoms with E-state index in [1.165, 1.54) is 11.8 Å². The van der Waals surface area contributed by atoms with Gasteiger partial charge in [-0.1, -0.05) is 42.5 Å². The molecule has 0 bridgehead atoms. The molecule has 1 aromatic heterocycles. The number of anilines is 1. The molecule has 0 unspecified atom stereocenters. The summed E-state index contributed by atoms with van der Waals surface area (Å²) in [6.45, 7) is 3.96. The molecule has 0 saturated carbocycles. The van der Waals surface area contributed by atoms with Gasteiger partial charge in [0.05, 0.1) is 28.5 Å². The number of hydrogen-bond donors (Lipinski definition) is 0. The molecule has 29 heavy (non-hydrogen) atoms. The van der Waals surface area contributed by atoms with Crippen LogP contribution in [0.5, 0.6) is 0 Å². The number of thioether (sulfide) groups is 1. The van der Waals surface area contributed by atoms with Crippen molar-refractivity contribution in [3.8, 4) is 0 Å². The average Bonchev–Trinajstić information content (AvgIpc) is 3.05. The molecule has 2 heterocycles. The maximum absolute atomic E-state index is 13.2. The molecule has 0 N–H and O–H groups in total. The number of rotatable bonds is 5. The van der Waals surface area contributed by atoms with Crippen molar-refractivity contribution in [2.45, 2.75) is 6.54 Å². The molecule has 1 aliphatic rings. The van der Waals surface area contributed by atoms with Crippen molar-refractivity contribution in [1.29, 1.82) is 0 Å². The topological polar surface area (TPSA) is 57.9 Å². The number of hydrogen-bond acceptors (Lipinski definition) is 5. The van der Waals surface area contributed by atoms with Gasteiger partial charge < -0.3 is 0 Å². The summed E-state index contributed by atoms with van der Waals surface area (Å²) in [5.74, 6) is -0.104. The summed E-state index contributed by atoms with van der Waals surface area (Å²) in [7, 11) is 0. The lowest BCUT2D eigenvalue weighted by molar-refractivity contribution is -0.113. The fourth-order valence-electron chi connectivity index (χ4n) is 2.85. The molecule has 1 fully saturated rings. The van der Waals surface area contributed by atoms with Crippen LogP contribution in [0.4, 0.5) is 11.4 Å². The first-order chi connectivity index (χ1) is 14.2. The molecule has 0 atom stereocenters. The number of carbonyl (C=O) groups is 1. The zero-order valence-corrected chi connectivity index (χ0v) is 16.4. The third-order valence-corrected chi connectivity index (χ3v) is 5.19. The Balaban J connectivity index is 1.71. The van der Waals surface area contributed by atoms with Crippen LogP contribution >= 0.6 is 11.8 Å². The van der Waals surface area contributed by atoms with E-state index in [1.807, 2.05) is 78.9 Å². The van der Waals surface area contributed by atoms with E-state index < -0.39 is 0 Å². The fraction of sp³-hybridized carbons (Fsp3) is 0.0435. The zero-order valence-electron chi connectivity index (χ0n) is 15.6. The van der Waals surface area contributed by atoms with Crippen LogP contribution in [0.3, 0.4) is 0 Å². The van der Waals surface area contributed by atoms with Crippen molar-refractivity contribution in [3.05, 3.63) is 95.2 Å². The van der Waals surface area contributed by atoms with E-state index in [2.05, 4.69) is 16.7 Å². The first-order valence-corrected chi connectivity index (χ1v) is 9.86. The maximum Gasteiger partial charge on any atom is 0.271 e. The number of nitrogens with zero attached hydrogens (tertiary/aromatic N) is 4. The molecule has 2 aromatic carbocycles. The minimum absolute atomic E-state index is 0.104. The molecular weight excluding hydrogens is 380 g/mol. The van der Waals surface area contributed by atoms with Crippen LogP contribution in [-0.4, -0.2) is 22.8 Å². The number of aromatic nitrogens is 1. The van der Waals surface area contributed by atoms with E-state index in [1.54, 1.807) is 11.1 Å². The Morgan fingerprint density at radius 1 is 1.00 bits per heavy atom. The van der Waals surface area contributed by atoms with Gasteiger partial charge in [0.2, 0.25) is 0 Å². The van der Waals surface area contributed by atoms with E-state index in [9.17, 15) is 4.79 Å². The van der Waals surface area contributed by atoms with Crippen molar-refractivity contribution in [2.75, 3.05) is 4.90 Å². The number of benzene rings is 2. The molecule has 5 nitrogen and oxygen atoms in total. The molecule has 142 valence electrons. The predicted molar refractivity (Wildman–Crippen MR) is 121 cm³/mol. The van der Waals surface area contributed by atoms with Crippen LogP contribution in [0.15, 0.2) is 93.9 Å². The molecular formula is C23H18N4OS. The Morgan fingerprint density at radius 3 is 2.38 bits per heavy atom. The highest BCUT2D eigenvalue weighted by molar-refractivity contribution is 8.19. The smallest absolute Gasteiger partial charge is 0.271 e. The second-order valence-electron chi connectivity index (χ2n) is 6.28. The average molecular weight is 398 g/mol. The number of carbonyl (C=O) groups excluding carboxylic acids is 1. The number of pyridine rings is 1. The lowest BCUT2D eigenvalue weighted by atomic mass is 10.2. The second kappa shape index (κ2) is 8.67. The summed E-state index contributed by atoms with van der Waals surface area (Å²) >= 11 is 1.36. The van der Waals surface area contributed by atoms with E-state index >= 15 is 0 Å². The highest BCUT2D eigenvalue weighted by Gasteiger charge is 2.34. The minimum Gasteiger partial charge on any atom is -0.295 e. The number of amidine groups is 1. The van der Waals surface area contributed by atoms with Gasteiger partial charge in [-0.2, -0.15) is 0 Å². The molecule has 0 aliphatic carbocycles. The Labute approximate surface area is 173 Å². The highest BCUT2D eigenvalue weighted by Crippen LogP contribution is 2.37. The normalized spacial score (nSPS) is 16.6. The minimum atomic E-state index is -0.104. The molecule has 1 amide bonds. The fourth-order valence-corrected chi connectivity index (χ4v) is 3.85. The number of aliphatic imine (C=N–C) groups is 2. The third kappa shape index (κ3) is 4.33. The van der Waals surface area contributed by atoms with Gasteiger partial charge in [-0.05, 0) is 60.5 Å². The summed E-state index contributed by atoms with van der Waals surface area (Å²) in [6.07, 6.45) is 3.58. The predicted octanol–water partition coefficient (Wildman–Crippen LogP) is 5.09. The van der Waals surface area contributed by atoms with Crippen LogP contribution in [0, 0.1) is 0 Å². The van der Waals surface area contributed by atoms with Crippen LogP contribution in [-0.2, 0) is 11.3 Å². The van der Waals surface area contributed by atoms with Crippen LogP contribution < -0.4 is 4.90 Å². The number of para-hydroxylation sites is 2. The van der Waals surface area contributed by atoms with Crippen LogP contribution in [0.25, 0.3) is 6.08 Å². The molecule has 0 spiro atoms. The number of amides is 1. The summed E-state index contributed by atoms with van der Waals surface area (Å²) < 4.78 is 0. The van der Waals surface area contributed by atoms with E-state index in [0.717, 1.165) is 22.6 Å². The van der Waals surface area contributed by atoms with Gasteiger partial charge in [0, 0.05) is 6.20 Å². The lowest BCUT2D eigenvalue weighted by Gasteiger charge is -2.15. The van der Waals surface area contributed by atoms with Crippen molar-refractivity contribution >= 4 is 47.0 Å². The Morgan fingerprint density at radius 2 is 1.72 bits per heavy atom. The van der Waals surface area contributed by atoms with Crippen molar-refractivity contribution in [2.24, 2.45) is 9.98 Å². The largest absolute Gasteiger partial charge is 0.295 e. The van der Waals surface area contributed by atoms with E-state index in [-0.39, 0.29) is 5.91 Å². The van der Waals surface area contributed by atoms with Gasteiger partial charge >= 0.3 is 0 Å². The van der Waals surface area contributed by atoms with E-state index in [4.69, 9.17) is 4.99 Å². The van der Waals surface area contributed by atoms with Crippen LogP contribution in [0.2, 0.25) is 0 Å². The first kappa shape index (κ1) is 18.8. The molecule has 6 heteroatoms. The van der Waals surface area contributed by atoms with Gasteiger partial charge in [-0.3, -0.25) is 19.7 Å². The molecule has 4 rings (SSSR count). The van der Waals surface area contributed by atoms with Gasteiger partial charge in [-0.25, -0.2) is 4.99 Å². The summed E-state index contributed by atoms with van der Waals surface area (Å²) in [6, 6.07) is 23.0. The Kier molecular flexibility index (Phi) is 5.63. The van der Waals surface area contributed by atoms with Crippen LogP contribution in [0.1, 0.15) is 11.3 Å². The van der Waals surface area contributed by atoms with Gasteiger partial charge in [0.25, 0.3) is 5.91 Å². The standard InChI is InChI=1S/C23H18N4OS/c1-24-16-19-13-12-17(15-25-19)14-21-22(28)27(20-10-6-3-7-11-20)23(29-21)26-18-8-4-2-5-9-18/h2-15H,1,16H2/b21-14-,26-23-. The van der Waals surface area contributed by atoms with Gasteiger partial charge in [-0.15, -0.1) is 0 Å². The van der Waals surface area contributed by atoms with Crippen molar-refractivity contribution in [1.82, 2.24) is 4.98 Å². The molecule has 0 radical (unpaired) electrons. The Bertz CT molecular complexity index is 1080. The maximum atomic E-state index is 13.2. The lowest BCUT2D eigenvalue weighted by Crippen LogP contribution is -2.28. The molecule has 1 saturated heterocycles. The highest BCUT2D eigenvalue weighted by atomic mass is 32.2. The summed E-state index contributed by atoms with van der Waals surface area (Å²) in [5, 5.41) is 0.624. The second-order valence-corrected chi connectivity index (χ2v) is 7.29. The van der Waals surface area contributed by atoms with Gasteiger partial charge in [0.15, 0.2) is 5.17 Å². The van der Waals surface area contributed by atoms with E-state index in [0.29, 0.717) is 16.6 Å². The third-order valence-electron chi connectivity index (χ3n) is 4.22.